The van der Waals surface area contributed by atoms with Gasteiger partial charge in [0.1, 0.15) is 12.6 Å². The number of carboxylic acid groups (broad SMARTS) is 1. The zero-order valence-electron chi connectivity index (χ0n) is 24.6. The highest BCUT2D eigenvalue weighted by molar-refractivity contribution is 8.13. The van der Waals surface area contributed by atoms with Gasteiger partial charge in [0.2, 0.25) is 0 Å². The number of benzene rings is 2. The number of aliphatic carboxylic acids is 1. The Morgan fingerprint density at radius 1 is 0.780 bits per heavy atom. The number of carbonyl (C=O) groups excluding carboxylic acids is 2. The van der Waals surface area contributed by atoms with Crippen LogP contribution in [0.4, 0.5) is 4.79 Å². The molecule has 0 aliphatic heterocycles. The van der Waals surface area contributed by atoms with Gasteiger partial charge in [0.05, 0.1) is 0 Å². The highest BCUT2D eigenvalue weighted by Crippen LogP contribution is 2.44. The Morgan fingerprint density at radius 2 is 1.27 bits per heavy atom. The van der Waals surface area contributed by atoms with Gasteiger partial charge in [-0.1, -0.05) is 144 Å². The molecule has 0 fully saturated rings. The van der Waals surface area contributed by atoms with Crippen LogP contribution >= 0.6 is 11.8 Å². The first-order valence-corrected chi connectivity index (χ1v) is 16.5. The van der Waals surface area contributed by atoms with E-state index in [1.165, 1.54) is 64.2 Å². The summed E-state index contributed by atoms with van der Waals surface area (Å²) < 4.78 is 5.47. The van der Waals surface area contributed by atoms with Crippen molar-refractivity contribution < 1.29 is 24.2 Å². The minimum atomic E-state index is -1.19. The lowest BCUT2D eigenvalue weighted by Crippen LogP contribution is -2.43. The molecule has 3 rings (SSSR count). The van der Waals surface area contributed by atoms with Crippen LogP contribution in [0.2, 0.25) is 0 Å². The minimum Gasteiger partial charge on any atom is -0.480 e. The molecule has 0 bridgehead atoms. The van der Waals surface area contributed by atoms with Crippen molar-refractivity contribution in [3.63, 3.8) is 0 Å². The smallest absolute Gasteiger partial charge is 0.407 e. The number of unbranched alkanes of at least 4 members (excludes halogenated alkanes) is 12. The van der Waals surface area contributed by atoms with Gasteiger partial charge >= 0.3 is 12.1 Å². The molecular formula is C34H47NO5S. The predicted molar refractivity (Wildman–Crippen MR) is 167 cm³/mol. The molecule has 0 unspecified atom stereocenters. The molecule has 1 aliphatic rings. The van der Waals surface area contributed by atoms with Gasteiger partial charge in [0.25, 0.3) is 0 Å². The van der Waals surface area contributed by atoms with Gasteiger partial charge in [-0.3, -0.25) is 4.79 Å². The van der Waals surface area contributed by atoms with Crippen molar-refractivity contribution in [2.24, 2.45) is 0 Å². The Balaban J connectivity index is 1.27. The fraction of sp³-hybridized carbons (Fsp3) is 0.559. The predicted octanol–water partition coefficient (Wildman–Crippen LogP) is 8.72. The van der Waals surface area contributed by atoms with Gasteiger partial charge in [-0.25, -0.2) is 9.59 Å². The maximum absolute atomic E-state index is 12.5. The van der Waals surface area contributed by atoms with Crippen LogP contribution in [0, 0.1) is 0 Å². The van der Waals surface area contributed by atoms with Crippen molar-refractivity contribution in [3.8, 4) is 11.1 Å². The lowest BCUT2D eigenvalue weighted by atomic mass is 9.98. The average Bonchev–Trinajstić information content (AvgIpc) is 3.30. The zero-order chi connectivity index (χ0) is 29.3. The van der Waals surface area contributed by atoms with Crippen molar-refractivity contribution in [2.75, 3.05) is 12.4 Å². The Labute approximate surface area is 250 Å². The summed E-state index contributed by atoms with van der Waals surface area (Å²) in [5.74, 6) is -1.30. The quantitative estimate of drug-likeness (QED) is 0.152. The minimum absolute atomic E-state index is 0.0171. The molecule has 0 heterocycles. The van der Waals surface area contributed by atoms with Crippen molar-refractivity contribution in [1.29, 1.82) is 0 Å². The summed E-state index contributed by atoms with van der Waals surface area (Å²) >= 11 is 0.974. The van der Waals surface area contributed by atoms with Crippen LogP contribution < -0.4 is 5.32 Å². The molecule has 6 nitrogen and oxygen atoms in total. The fourth-order valence-corrected chi connectivity index (χ4v) is 6.36. The maximum atomic E-state index is 12.5. The normalized spacial score (nSPS) is 12.9. The molecular weight excluding hydrogens is 534 g/mol. The van der Waals surface area contributed by atoms with Gasteiger partial charge in [-0.05, 0) is 28.7 Å². The molecule has 1 atom stereocenters. The number of amides is 1. The second-order valence-corrected chi connectivity index (χ2v) is 12.1. The third kappa shape index (κ3) is 11.2. The third-order valence-electron chi connectivity index (χ3n) is 7.83. The van der Waals surface area contributed by atoms with Crippen LogP contribution in [0.25, 0.3) is 11.1 Å². The Bertz CT molecular complexity index is 1060. The summed E-state index contributed by atoms with van der Waals surface area (Å²) in [4.78, 5) is 36.5. The maximum Gasteiger partial charge on any atom is 0.407 e. The van der Waals surface area contributed by atoms with Crippen molar-refractivity contribution in [2.45, 2.75) is 109 Å². The number of rotatable bonds is 20. The van der Waals surface area contributed by atoms with Crippen LogP contribution in [0.15, 0.2) is 48.5 Å². The first kappa shape index (κ1) is 32.7. The van der Waals surface area contributed by atoms with E-state index in [0.717, 1.165) is 53.3 Å². The van der Waals surface area contributed by atoms with Crippen molar-refractivity contribution in [3.05, 3.63) is 59.7 Å². The van der Waals surface area contributed by atoms with E-state index in [2.05, 4.69) is 24.4 Å². The summed E-state index contributed by atoms with van der Waals surface area (Å²) in [6.07, 6.45) is 15.8. The van der Waals surface area contributed by atoms with Gasteiger partial charge < -0.3 is 15.2 Å². The molecule has 2 N–H and O–H groups in total. The summed E-state index contributed by atoms with van der Waals surface area (Å²) in [5, 5.41) is 12.0. The van der Waals surface area contributed by atoms with E-state index in [1.54, 1.807) is 0 Å². The van der Waals surface area contributed by atoms with E-state index in [4.69, 9.17) is 4.74 Å². The van der Waals surface area contributed by atoms with Gasteiger partial charge in [-0.2, -0.15) is 0 Å². The molecule has 0 aromatic heterocycles. The molecule has 0 radical (unpaired) electrons. The average molecular weight is 582 g/mol. The molecule has 224 valence electrons. The van der Waals surface area contributed by atoms with E-state index in [9.17, 15) is 19.5 Å². The first-order valence-electron chi connectivity index (χ1n) is 15.5. The third-order valence-corrected chi connectivity index (χ3v) is 8.86. The molecule has 7 heteroatoms. The molecule has 1 aliphatic carbocycles. The molecule has 0 saturated carbocycles. The highest BCUT2D eigenvalue weighted by Gasteiger charge is 2.30. The Morgan fingerprint density at radius 3 is 1.78 bits per heavy atom. The molecule has 0 spiro atoms. The number of alkyl carbamates (subject to hydrolysis) is 1. The standard InChI is InChI=1S/C34H47NO5S/c1-2-3-4-5-6-7-8-9-10-11-12-13-14-23-32(36)41-25-31(33(37)38)35-34(39)40-24-30-28-21-17-15-19-26(28)27-20-16-18-22-29(27)30/h15-22,30-31H,2-14,23-25H2,1H3,(H,35,39)(H,37,38)/t31-/m1/s1. The highest BCUT2D eigenvalue weighted by atomic mass is 32.2. The molecule has 0 saturated heterocycles. The molecule has 2 aromatic carbocycles. The van der Waals surface area contributed by atoms with E-state index >= 15 is 0 Å². The van der Waals surface area contributed by atoms with Gasteiger partial charge in [0.15, 0.2) is 5.12 Å². The fourth-order valence-electron chi connectivity index (χ4n) is 5.49. The number of fused-ring (bicyclic) bond motifs is 3. The van der Waals surface area contributed by atoms with Crippen LogP contribution in [-0.2, 0) is 14.3 Å². The number of nitrogens with one attached hydrogen (secondary N) is 1. The van der Waals surface area contributed by atoms with Gasteiger partial charge in [-0.15, -0.1) is 0 Å². The molecule has 41 heavy (non-hydrogen) atoms. The number of ether oxygens (including phenoxy) is 1. The number of thioether (sulfide) groups is 1. The molecule has 2 aromatic rings. The van der Waals surface area contributed by atoms with Gasteiger partial charge in [0, 0.05) is 18.1 Å². The summed E-state index contributed by atoms with van der Waals surface area (Å²) in [6, 6.07) is 14.9. The largest absolute Gasteiger partial charge is 0.480 e. The second kappa shape index (κ2) is 18.6. The van der Waals surface area contributed by atoms with E-state index in [0.29, 0.717) is 6.42 Å². The first-order chi connectivity index (χ1) is 20.0. The topological polar surface area (TPSA) is 92.7 Å². The second-order valence-electron chi connectivity index (χ2n) is 11.0. The van der Waals surface area contributed by atoms with Crippen LogP contribution in [-0.4, -0.2) is 40.7 Å². The Hall–Kier alpha value is -2.80. The zero-order valence-corrected chi connectivity index (χ0v) is 25.4. The summed E-state index contributed by atoms with van der Waals surface area (Å²) in [6.45, 7) is 2.36. The number of hydrogen-bond donors (Lipinski definition) is 2. The van der Waals surface area contributed by atoms with Crippen molar-refractivity contribution in [1.82, 2.24) is 5.32 Å². The SMILES string of the molecule is CCCCCCCCCCCCCCCC(=O)SC[C@@H](NC(=O)OCC1c2ccccc2-c2ccccc21)C(=O)O. The van der Waals surface area contributed by atoms with E-state index in [-0.39, 0.29) is 23.4 Å². The van der Waals surface area contributed by atoms with Crippen LogP contribution in [0.1, 0.15) is 114 Å². The van der Waals surface area contributed by atoms with Crippen LogP contribution in [0.3, 0.4) is 0 Å². The lowest BCUT2D eigenvalue weighted by molar-refractivity contribution is -0.138. The number of hydrogen-bond acceptors (Lipinski definition) is 5. The molecule has 1 amide bonds. The van der Waals surface area contributed by atoms with Crippen LogP contribution in [0.5, 0.6) is 0 Å². The number of carbonyl (C=O) groups is 3. The Kier molecular flexibility index (Phi) is 14.8. The van der Waals surface area contributed by atoms with E-state index in [1.807, 2.05) is 36.4 Å². The lowest BCUT2D eigenvalue weighted by Gasteiger charge is -2.17. The summed E-state index contributed by atoms with van der Waals surface area (Å²) in [7, 11) is 0. The summed E-state index contributed by atoms with van der Waals surface area (Å²) in [5.41, 5.74) is 4.43. The monoisotopic (exact) mass is 581 g/mol. The van der Waals surface area contributed by atoms with E-state index < -0.39 is 18.1 Å². The van der Waals surface area contributed by atoms with Crippen molar-refractivity contribution >= 4 is 28.9 Å². The number of carboxylic acids is 1.